The number of nitrogens with one attached hydrogen (secondary N) is 2. The first-order valence-electron chi connectivity index (χ1n) is 10.3. The average molecular weight is 558 g/mol. The maximum atomic E-state index is 14.0. The van der Waals surface area contributed by atoms with Gasteiger partial charge in [-0.25, -0.2) is 8.78 Å². The number of guanidine groups is 1. The molecule has 1 aromatic carbocycles. The molecule has 1 aliphatic heterocycles. The summed E-state index contributed by atoms with van der Waals surface area (Å²) in [5, 5.41) is 6.25. The maximum Gasteiger partial charge on any atom is 0.241 e. The number of anilines is 1. The lowest BCUT2D eigenvalue weighted by Gasteiger charge is -2.22. The minimum atomic E-state index is -0.567. The van der Waals surface area contributed by atoms with Gasteiger partial charge in [0.2, 0.25) is 5.91 Å². The molecule has 0 bridgehead atoms. The first-order valence-corrected chi connectivity index (χ1v) is 10.3. The molecule has 2 N–H and O–H groups in total. The van der Waals surface area contributed by atoms with Crippen molar-refractivity contribution in [2.45, 2.75) is 18.9 Å². The number of pyridine rings is 1. The van der Waals surface area contributed by atoms with Crippen molar-refractivity contribution >= 4 is 41.5 Å². The number of amides is 1. The second-order valence-electron chi connectivity index (χ2n) is 7.46. The molecule has 3 rings (SSSR count). The molecule has 1 atom stereocenters. The standard InChI is InChI=1S/C22H28F2N6O.HI/c1-25-22(27-14-20(31)29(2)12-9-16-6-3-4-11-26-16)28-17-10-13-30(15-17)21-18(23)7-5-8-19(21)24;/h3-8,11,17H,9-10,12-15H2,1-2H3,(H2,25,27,28);1H. The van der Waals surface area contributed by atoms with Crippen molar-refractivity contribution in [2.24, 2.45) is 4.99 Å². The summed E-state index contributed by atoms with van der Waals surface area (Å²) in [5.41, 5.74) is 0.934. The van der Waals surface area contributed by atoms with Crippen molar-refractivity contribution in [3.63, 3.8) is 0 Å². The highest BCUT2D eigenvalue weighted by Gasteiger charge is 2.27. The summed E-state index contributed by atoms with van der Waals surface area (Å²) < 4.78 is 28.1. The Kier molecular flexibility index (Phi) is 10.1. The molecule has 0 saturated carbocycles. The van der Waals surface area contributed by atoms with Gasteiger partial charge >= 0.3 is 0 Å². The van der Waals surface area contributed by atoms with E-state index in [1.54, 1.807) is 30.1 Å². The van der Waals surface area contributed by atoms with E-state index in [1.807, 2.05) is 18.2 Å². The molecule has 7 nitrogen and oxygen atoms in total. The zero-order valence-electron chi connectivity index (χ0n) is 18.2. The van der Waals surface area contributed by atoms with Crippen LogP contribution in [0.3, 0.4) is 0 Å². The first kappa shape index (κ1) is 25.8. The van der Waals surface area contributed by atoms with E-state index in [9.17, 15) is 13.6 Å². The number of hydrogen-bond acceptors (Lipinski definition) is 4. The van der Waals surface area contributed by atoms with Crippen LogP contribution in [0.4, 0.5) is 14.5 Å². The van der Waals surface area contributed by atoms with Crippen LogP contribution >= 0.6 is 24.0 Å². The van der Waals surface area contributed by atoms with Crippen LogP contribution < -0.4 is 15.5 Å². The molecule has 1 aliphatic rings. The predicted octanol–water partition coefficient (Wildman–Crippen LogP) is 2.42. The molecule has 0 aliphatic carbocycles. The number of nitrogens with zero attached hydrogens (tertiary/aromatic N) is 4. The van der Waals surface area contributed by atoms with Gasteiger partial charge in [0.15, 0.2) is 5.96 Å². The molecule has 174 valence electrons. The van der Waals surface area contributed by atoms with E-state index in [0.29, 0.717) is 38.4 Å². The summed E-state index contributed by atoms with van der Waals surface area (Å²) in [6, 6.07) is 9.55. The third kappa shape index (κ3) is 7.01. The van der Waals surface area contributed by atoms with Gasteiger partial charge in [-0.1, -0.05) is 12.1 Å². The minimum Gasteiger partial charge on any atom is -0.365 e. The SMILES string of the molecule is CN=C(NCC(=O)N(C)CCc1ccccn1)NC1CCN(c2c(F)cccc2F)C1.I. The number of para-hydroxylation sites is 1. The maximum absolute atomic E-state index is 14.0. The summed E-state index contributed by atoms with van der Waals surface area (Å²) in [6.07, 6.45) is 3.12. The number of carbonyl (C=O) groups is 1. The van der Waals surface area contributed by atoms with Crippen molar-refractivity contribution in [2.75, 3.05) is 45.2 Å². The Bertz CT molecular complexity index is 894. The minimum absolute atomic E-state index is 0. The van der Waals surface area contributed by atoms with E-state index in [1.165, 1.54) is 18.2 Å². The Morgan fingerprint density at radius 1 is 1.25 bits per heavy atom. The van der Waals surface area contributed by atoms with Crippen molar-refractivity contribution in [1.29, 1.82) is 0 Å². The fourth-order valence-corrected chi connectivity index (χ4v) is 3.51. The number of halogens is 3. The molecule has 1 amide bonds. The van der Waals surface area contributed by atoms with Gasteiger partial charge in [-0.15, -0.1) is 24.0 Å². The molecular formula is C22H29F2IN6O. The van der Waals surface area contributed by atoms with Gasteiger partial charge in [0.25, 0.3) is 0 Å². The van der Waals surface area contributed by atoms with E-state index < -0.39 is 11.6 Å². The molecule has 1 aromatic heterocycles. The fourth-order valence-electron chi connectivity index (χ4n) is 3.51. The van der Waals surface area contributed by atoms with E-state index in [-0.39, 0.29) is 48.2 Å². The Morgan fingerprint density at radius 2 is 2.00 bits per heavy atom. The molecule has 2 aromatic rings. The summed E-state index contributed by atoms with van der Waals surface area (Å²) in [5.74, 6) is -0.724. The molecular weight excluding hydrogens is 529 g/mol. The number of aliphatic imine (C=N–C) groups is 1. The number of carbonyl (C=O) groups excluding carboxylic acids is 1. The van der Waals surface area contributed by atoms with Crippen LogP contribution in [0.25, 0.3) is 0 Å². The zero-order valence-corrected chi connectivity index (χ0v) is 20.6. The quantitative estimate of drug-likeness (QED) is 0.311. The predicted molar refractivity (Wildman–Crippen MR) is 132 cm³/mol. The first-order chi connectivity index (χ1) is 15.0. The zero-order chi connectivity index (χ0) is 22.2. The topological polar surface area (TPSA) is 72.9 Å². The Morgan fingerprint density at radius 3 is 2.66 bits per heavy atom. The van der Waals surface area contributed by atoms with E-state index in [4.69, 9.17) is 0 Å². The number of rotatable bonds is 7. The van der Waals surface area contributed by atoms with Crippen LogP contribution in [0.1, 0.15) is 12.1 Å². The molecule has 0 spiro atoms. The van der Waals surface area contributed by atoms with E-state index >= 15 is 0 Å². The average Bonchev–Trinajstić information content (AvgIpc) is 3.23. The lowest BCUT2D eigenvalue weighted by molar-refractivity contribution is -0.128. The highest BCUT2D eigenvalue weighted by atomic mass is 127. The normalized spacial score (nSPS) is 15.8. The van der Waals surface area contributed by atoms with Crippen molar-refractivity contribution in [3.05, 3.63) is 59.9 Å². The monoisotopic (exact) mass is 558 g/mol. The summed E-state index contributed by atoms with van der Waals surface area (Å²) in [4.78, 5) is 24.2. The highest BCUT2D eigenvalue weighted by molar-refractivity contribution is 14.0. The number of aromatic nitrogens is 1. The molecule has 10 heteroatoms. The lowest BCUT2D eigenvalue weighted by atomic mass is 10.2. The van der Waals surface area contributed by atoms with Gasteiger partial charge < -0.3 is 20.4 Å². The van der Waals surface area contributed by atoms with Crippen LogP contribution in [0, 0.1) is 11.6 Å². The van der Waals surface area contributed by atoms with Crippen molar-refractivity contribution in [1.82, 2.24) is 20.5 Å². The second kappa shape index (κ2) is 12.5. The van der Waals surface area contributed by atoms with Crippen LogP contribution in [-0.2, 0) is 11.2 Å². The van der Waals surface area contributed by atoms with Crippen LogP contribution in [0.15, 0.2) is 47.6 Å². The molecule has 1 unspecified atom stereocenters. The summed E-state index contributed by atoms with van der Waals surface area (Å²) in [6.45, 7) is 1.63. The highest BCUT2D eigenvalue weighted by Crippen LogP contribution is 2.26. The van der Waals surface area contributed by atoms with Crippen molar-refractivity contribution < 1.29 is 13.6 Å². The summed E-state index contributed by atoms with van der Waals surface area (Å²) in [7, 11) is 3.37. The Labute approximate surface area is 204 Å². The summed E-state index contributed by atoms with van der Waals surface area (Å²) >= 11 is 0. The van der Waals surface area contributed by atoms with Crippen LogP contribution in [0.2, 0.25) is 0 Å². The van der Waals surface area contributed by atoms with Gasteiger partial charge in [-0.05, 0) is 30.7 Å². The number of hydrogen-bond donors (Lipinski definition) is 2. The van der Waals surface area contributed by atoms with E-state index in [2.05, 4.69) is 20.6 Å². The van der Waals surface area contributed by atoms with E-state index in [0.717, 1.165) is 5.69 Å². The third-order valence-electron chi connectivity index (χ3n) is 5.27. The smallest absolute Gasteiger partial charge is 0.241 e. The lowest BCUT2D eigenvalue weighted by Crippen LogP contribution is -2.48. The van der Waals surface area contributed by atoms with Gasteiger partial charge in [0.1, 0.15) is 17.3 Å². The third-order valence-corrected chi connectivity index (χ3v) is 5.27. The number of likely N-dealkylation sites (N-methyl/N-ethyl adjacent to an activating group) is 1. The van der Waals surface area contributed by atoms with Gasteiger partial charge in [0.05, 0.1) is 6.54 Å². The second-order valence-corrected chi connectivity index (χ2v) is 7.46. The molecule has 0 radical (unpaired) electrons. The Hall–Kier alpha value is -2.50. The molecule has 1 fully saturated rings. The van der Waals surface area contributed by atoms with Gasteiger partial charge in [0, 0.05) is 58.1 Å². The van der Waals surface area contributed by atoms with Gasteiger partial charge in [-0.2, -0.15) is 0 Å². The van der Waals surface area contributed by atoms with Gasteiger partial charge in [-0.3, -0.25) is 14.8 Å². The molecule has 1 saturated heterocycles. The Balaban J connectivity index is 0.00000363. The fraction of sp³-hybridized carbons (Fsp3) is 0.409. The number of benzene rings is 1. The largest absolute Gasteiger partial charge is 0.365 e. The van der Waals surface area contributed by atoms with Crippen molar-refractivity contribution in [3.8, 4) is 0 Å². The van der Waals surface area contributed by atoms with Crippen LogP contribution in [-0.4, -0.2) is 68.1 Å². The van der Waals surface area contributed by atoms with Crippen LogP contribution in [0.5, 0.6) is 0 Å². The molecule has 32 heavy (non-hydrogen) atoms. The molecule has 2 heterocycles.